The van der Waals surface area contributed by atoms with Crippen molar-refractivity contribution in [3.8, 4) is 33.6 Å². The second kappa shape index (κ2) is 13.2. The molecule has 0 saturated carbocycles. The van der Waals surface area contributed by atoms with Gasteiger partial charge in [-0.3, -0.25) is 9.97 Å². The lowest BCUT2D eigenvalue weighted by atomic mass is 9.87. The number of pyridine rings is 2. The van der Waals surface area contributed by atoms with E-state index in [9.17, 15) is 0 Å². The van der Waals surface area contributed by atoms with Gasteiger partial charge >= 0.3 is 0 Å². The van der Waals surface area contributed by atoms with Gasteiger partial charge in [-0.25, -0.2) is 0 Å². The van der Waals surface area contributed by atoms with E-state index in [1.165, 1.54) is 111 Å². The third kappa shape index (κ3) is 4.97. The van der Waals surface area contributed by atoms with Gasteiger partial charge in [-0.15, -0.1) is 0 Å². The van der Waals surface area contributed by atoms with E-state index < -0.39 is 0 Å². The Morgan fingerprint density at radius 1 is 0.333 bits per heavy atom. The average Bonchev–Trinajstić information content (AvgIpc) is 3.78. The Balaban J connectivity index is 1.01. The molecule has 0 aliphatic carbocycles. The van der Waals surface area contributed by atoms with Crippen LogP contribution in [0.25, 0.3) is 99.0 Å². The molecule has 7 aromatic carbocycles. The smallest absolute Gasteiger partial charge is 0.0965 e. The molecule has 0 N–H and O–H groups in total. The number of aromatic nitrogens is 4. The Labute approximate surface area is 350 Å². The third-order valence-corrected chi connectivity index (χ3v) is 13.9. The second-order valence-electron chi connectivity index (χ2n) is 16.8. The number of hydrogen-bond acceptors (Lipinski definition) is 2. The molecular formula is C56H46N4. The number of nitrogens with zero attached hydrogens (tertiary/aromatic N) is 4. The number of benzene rings is 7. The zero-order valence-corrected chi connectivity index (χ0v) is 35.5. The van der Waals surface area contributed by atoms with Gasteiger partial charge < -0.3 is 9.13 Å². The van der Waals surface area contributed by atoms with Crippen LogP contribution in [-0.2, 0) is 0 Å². The lowest BCUT2D eigenvalue weighted by Crippen LogP contribution is -2.06. The maximum absolute atomic E-state index is 5.17. The van der Waals surface area contributed by atoms with Crippen LogP contribution >= 0.6 is 0 Å². The fourth-order valence-electron chi connectivity index (χ4n) is 10.5. The lowest BCUT2D eigenvalue weighted by molar-refractivity contribution is 1.09. The number of para-hydroxylation sites is 4. The summed E-state index contributed by atoms with van der Waals surface area (Å²) in [6.07, 6.45) is 4.11. The molecule has 0 aliphatic heterocycles. The van der Waals surface area contributed by atoms with Crippen molar-refractivity contribution >= 4 is 65.4 Å². The Bertz CT molecular complexity index is 3230. The van der Waals surface area contributed by atoms with Crippen LogP contribution in [-0.4, -0.2) is 19.1 Å². The van der Waals surface area contributed by atoms with Crippen LogP contribution in [0.3, 0.4) is 0 Å². The Morgan fingerprint density at radius 2 is 0.617 bits per heavy atom. The molecule has 60 heavy (non-hydrogen) atoms. The third-order valence-electron chi connectivity index (χ3n) is 13.9. The van der Waals surface area contributed by atoms with E-state index in [0.29, 0.717) is 0 Å². The normalized spacial score (nSPS) is 12.0. The van der Waals surface area contributed by atoms with E-state index in [4.69, 9.17) is 9.97 Å². The van der Waals surface area contributed by atoms with Gasteiger partial charge in [0.25, 0.3) is 0 Å². The Hall–Kier alpha value is -7.04. The zero-order chi connectivity index (χ0) is 41.1. The van der Waals surface area contributed by atoms with Crippen molar-refractivity contribution in [2.75, 3.05) is 0 Å². The molecule has 0 fully saturated rings. The standard InChI is InChI=1S/C56H46N4/c1-31-35(5)55(59-47-21-13-9-17-43(47)44-18-10-14-22-48(44)59)36(6)32(2)51(31)41-27-39-25-26-40-28-42(30-58-54(40)53(39)57-29-41)52-33(3)37(7)56(38(8)34(52)4)60-49-23-15-11-19-45(49)46-20-12-16-24-50(46)60/h9-30H,1-8H3. The molecule has 4 heterocycles. The monoisotopic (exact) mass is 774 g/mol. The number of fused-ring (bicyclic) bond motifs is 9. The Kier molecular flexibility index (Phi) is 7.96. The highest BCUT2D eigenvalue weighted by Crippen LogP contribution is 2.43. The molecule has 4 nitrogen and oxygen atoms in total. The van der Waals surface area contributed by atoms with Crippen LogP contribution in [0.2, 0.25) is 0 Å². The van der Waals surface area contributed by atoms with Crippen LogP contribution in [0.15, 0.2) is 134 Å². The minimum Gasteiger partial charge on any atom is -0.309 e. The predicted octanol–water partition coefficient (Wildman–Crippen LogP) is 14.8. The fourth-order valence-corrected chi connectivity index (χ4v) is 10.5. The van der Waals surface area contributed by atoms with Crippen LogP contribution in [0.4, 0.5) is 0 Å². The van der Waals surface area contributed by atoms with Gasteiger partial charge in [0.2, 0.25) is 0 Å². The summed E-state index contributed by atoms with van der Waals surface area (Å²) >= 11 is 0. The summed E-state index contributed by atoms with van der Waals surface area (Å²) in [6, 6.07) is 44.1. The van der Waals surface area contributed by atoms with Gasteiger partial charge in [0, 0.05) is 55.8 Å². The van der Waals surface area contributed by atoms with Gasteiger partial charge in [-0.1, -0.05) is 84.9 Å². The molecule has 0 atom stereocenters. The largest absolute Gasteiger partial charge is 0.309 e. The van der Waals surface area contributed by atoms with E-state index in [-0.39, 0.29) is 0 Å². The van der Waals surface area contributed by atoms with Gasteiger partial charge in [-0.05, 0) is 147 Å². The Morgan fingerprint density at radius 3 is 0.917 bits per heavy atom. The van der Waals surface area contributed by atoms with Crippen molar-refractivity contribution in [2.24, 2.45) is 0 Å². The minimum absolute atomic E-state index is 0.927. The first-order valence-corrected chi connectivity index (χ1v) is 21.0. The van der Waals surface area contributed by atoms with Crippen molar-refractivity contribution in [1.29, 1.82) is 0 Å². The SMILES string of the molecule is Cc1c(C)c(-n2c3ccccc3c3ccccc32)c(C)c(C)c1-c1cnc2c(ccc3cc(-c4c(C)c(C)c(-n5c6ccccc6c6ccccc65)c(C)c4C)cnc32)c1. The van der Waals surface area contributed by atoms with Gasteiger partial charge in [0.05, 0.1) is 44.5 Å². The second-order valence-corrected chi connectivity index (χ2v) is 16.8. The fraction of sp³-hybridized carbons (Fsp3) is 0.143. The molecule has 11 aromatic rings. The average molecular weight is 775 g/mol. The lowest BCUT2D eigenvalue weighted by Gasteiger charge is -2.23. The topological polar surface area (TPSA) is 35.6 Å². The zero-order valence-electron chi connectivity index (χ0n) is 35.5. The first-order chi connectivity index (χ1) is 29.1. The maximum Gasteiger partial charge on any atom is 0.0965 e. The number of rotatable bonds is 4. The van der Waals surface area contributed by atoms with Gasteiger partial charge in [0.15, 0.2) is 0 Å². The first kappa shape index (κ1) is 36.1. The molecule has 290 valence electrons. The summed E-state index contributed by atoms with van der Waals surface area (Å²) in [5.74, 6) is 0. The molecule has 0 aliphatic rings. The molecule has 0 amide bonds. The highest BCUT2D eigenvalue weighted by molar-refractivity contribution is 6.11. The van der Waals surface area contributed by atoms with Crippen LogP contribution in [0.5, 0.6) is 0 Å². The highest BCUT2D eigenvalue weighted by atomic mass is 15.0. The molecular weight excluding hydrogens is 729 g/mol. The van der Waals surface area contributed by atoms with E-state index in [2.05, 4.69) is 198 Å². The van der Waals surface area contributed by atoms with Crippen molar-refractivity contribution < 1.29 is 0 Å². The summed E-state index contributed by atoms with van der Waals surface area (Å²) in [6.45, 7) is 18.2. The first-order valence-electron chi connectivity index (χ1n) is 21.0. The van der Waals surface area contributed by atoms with Crippen molar-refractivity contribution in [3.05, 3.63) is 178 Å². The van der Waals surface area contributed by atoms with E-state index >= 15 is 0 Å². The van der Waals surface area contributed by atoms with Gasteiger partial charge in [0.1, 0.15) is 0 Å². The predicted molar refractivity (Wildman–Crippen MR) is 254 cm³/mol. The molecule has 0 radical (unpaired) electrons. The van der Waals surface area contributed by atoms with Crippen LogP contribution in [0.1, 0.15) is 44.5 Å². The van der Waals surface area contributed by atoms with E-state index in [0.717, 1.165) is 32.9 Å². The molecule has 0 saturated heterocycles. The molecule has 4 heteroatoms. The molecule has 0 unspecified atom stereocenters. The van der Waals surface area contributed by atoms with Crippen LogP contribution in [0, 0.1) is 55.4 Å². The summed E-state index contributed by atoms with van der Waals surface area (Å²) in [5, 5.41) is 7.30. The quantitative estimate of drug-likeness (QED) is 0.167. The highest BCUT2D eigenvalue weighted by Gasteiger charge is 2.23. The van der Waals surface area contributed by atoms with E-state index in [1.807, 2.05) is 0 Å². The van der Waals surface area contributed by atoms with Crippen molar-refractivity contribution in [2.45, 2.75) is 55.4 Å². The maximum atomic E-state index is 5.17. The minimum atomic E-state index is 0.927. The van der Waals surface area contributed by atoms with E-state index in [1.54, 1.807) is 0 Å². The van der Waals surface area contributed by atoms with Gasteiger partial charge in [-0.2, -0.15) is 0 Å². The molecule has 11 rings (SSSR count). The molecule has 0 spiro atoms. The summed E-state index contributed by atoms with van der Waals surface area (Å²) in [5.41, 5.74) is 24.4. The van der Waals surface area contributed by atoms with Crippen molar-refractivity contribution in [3.63, 3.8) is 0 Å². The molecule has 4 aromatic heterocycles. The molecule has 0 bridgehead atoms. The summed E-state index contributed by atoms with van der Waals surface area (Å²) in [4.78, 5) is 10.3. The number of hydrogen-bond donors (Lipinski definition) is 0. The summed E-state index contributed by atoms with van der Waals surface area (Å²) in [7, 11) is 0. The van der Waals surface area contributed by atoms with Crippen molar-refractivity contribution in [1.82, 2.24) is 19.1 Å². The van der Waals surface area contributed by atoms with Crippen LogP contribution < -0.4 is 0 Å². The summed E-state index contributed by atoms with van der Waals surface area (Å²) < 4.78 is 4.94.